The van der Waals surface area contributed by atoms with Crippen LogP contribution in [0.2, 0.25) is 5.02 Å². The first kappa shape index (κ1) is 28.0. The van der Waals surface area contributed by atoms with E-state index in [4.69, 9.17) is 16.6 Å². The average molecular weight is 559 g/mol. The van der Waals surface area contributed by atoms with Crippen molar-refractivity contribution in [2.24, 2.45) is 0 Å². The van der Waals surface area contributed by atoms with Crippen LogP contribution in [0.3, 0.4) is 0 Å². The number of aliphatic hydroxyl groups excluding tert-OH is 1. The highest BCUT2D eigenvalue weighted by atomic mass is 35.5. The molecule has 4 aromatic rings. The van der Waals surface area contributed by atoms with Gasteiger partial charge >= 0.3 is 0 Å². The lowest BCUT2D eigenvalue weighted by molar-refractivity contribution is 0.272. The molecule has 0 saturated heterocycles. The minimum atomic E-state index is -3.76. The molecule has 200 valence electrons. The third-order valence-corrected chi connectivity index (χ3v) is 8.24. The molecule has 9 heteroatoms. The second-order valence-electron chi connectivity index (χ2n) is 10.2. The van der Waals surface area contributed by atoms with E-state index in [1.807, 2.05) is 50.6 Å². The zero-order valence-corrected chi connectivity index (χ0v) is 23.3. The molecule has 0 spiro atoms. The summed E-state index contributed by atoms with van der Waals surface area (Å²) in [5.41, 5.74) is 2.18. The summed E-state index contributed by atoms with van der Waals surface area (Å²) in [6.45, 7) is 7.21. The van der Waals surface area contributed by atoms with Gasteiger partial charge < -0.3 is 9.67 Å². The third kappa shape index (κ3) is 5.13. The van der Waals surface area contributed by atoms with Crippen molar-refractivity contribution in [1.82, 2.24) is 9.55 Å². The monoisotopic (exact) mass is 558 g/mol. The molecular formula is C29H29ClF2N2O3S. The highest BCUT2D eigenvalue weighted by molar-refractivity contribution is 7.90. The van der Waals surface area contributed by atoms with Gasteiger partial charge in [-0.1, -0.05) is 49.7 Å². The summed E-state index contributed by atoms with van der Waals surface area (Å²) in [7, 11) is -3.76. The van der Waals surface area contributed by atoms with Gasteiger partial charge in [0.25, 0.3) is 0 Å². The maximum absolute atomic E-state index is 14.7. The lowest BCUT2D eigenvalue weighted by atomic mass is 9.83. The summed E-state index contributed by atoms with van der Waals surface area (Å²) in [6.07, 6.45) is 2.91. The van der Waals surface area contributed by atoms with E-state index in [1.54, 1.807) is 24.3 Å². The van der Waals surface area contributed by atoms with Crippen LogP contribution >= 0.6 is 11.6 Å². The highest BCUT2D eigenvalue weighted by Crippen LogP contribution is 2.38. The Kier molecular flexibility index (Phi) is 7.54. The molecule has 0 amide bonds. The van der Waals surface area contributed by atoms with Crippen molar-refractivity contribution in [3.63, 3.8) is 0 Å². The molecule has 0 radical (unpaired) electrons. The van der Waals surface area contributed by atoms with Gasteiger partial charge in [0.2, 0.25) is 0 Å². The molecule has 0 aliphatic rings. The van der Waals surface area contributed by atoms with Crippen LogP contribution < -0.4 is 0 Å². The number of hydrogen-bond donors (Lipinski definition) is 1. The Labute approximate surface area is 226 Å². The lowest BCUT2D eigenvalue weighted by Crippen LogP contribution is -2.24. The Morgan fingerprint density at radius 3 is 2.26 bits per heavy atom. The summed E-state index contributed by atoms with van der Waals surface area (Å²) < 4.78 is 55.4. The molecule has 1 aromatic heterocycles. The number of halogens is 3. The smallest absolute Gasteiger partial charge is 0.176 e. The SMILES string of the molecule is CC(C)c1cn(-c2ccc(-c3cc(F)c(CO)c(S(C)(=O)=O)c3)cc2)c(C(C)(C)c2cccc(F)c2Cl)n1. The number of benzene rings is 3. The summed E-state index contributed by atoms with van der Waals surface area (Å²) in [4.78, 5) is 4.65. The van der Waals surface area contributed by atoms with Crippen molar-refractivity contribution < 1.29 is 22.3 Å². The number of nitrogens with zero attached hydrogens (tertiary/aromatic N) is 2. The Balaban J connectivity index is 1.83. The van der Waals surface area contributed by atoms with Gasteiger partial charge in [0.15, 0.2) is 9.84 Å². The van der Waals surface area contributed by atoms with Crippen molar-refractivity contribution >= 4 is 21.4 Å². The lowest BCUT2D eigenvalue weighted by Gasteiger charge is -2.27. The topological polar surface area (TPSA) is 72.2 Å². The van der Waals surface area contributed by atoms with Crippen molar-refractivity contribution in [3.8, 4) is 16.8 Å². The Bertz CT molecular complexity index is 1610. The summed E-state index contributed by atoms with van der Waals surface area (Å²) in [6, 6.07) is 14.5. The number of sulfone groups is 1. The maximum atomic E-state index is 14.7. The largest absolute Gasteiger partial charge is 0.392 e. The average Bonchev–Trinajstić information content (AvgIpc) is 3.32. The number of imidazole rings is 1. The molecule has 1 N–H and O–H groups in total. The van der Waals surface area contributed by atoms with Crippen LogP contribution in [-0.4, -0.2) is 29.3 Å². The fourth-order valence-electron chi connectivity index (χ4n) is 4.50. The first-order valence-corrected chi connectivity index (χ1v) is 14.3. The summed E-state index contributed by atoms with van der Waals surface area (Å²) >= 11 is 6.36. The van der Waals surface area contributed by atoms with Gasteiger partial charge in [-0.15, -0.1) is 0 Å². The minimum Gasteiger partial charge on any atom is -0.392 e. The van der Waals surface area contributed by atoms with E-state index < -0.39 is 33.5 Å². The normalized spacial score (nSPS) is 12.4. The molecule has 0 atom stereocenters. The Morgan fingerprint density at radius 2 is 1.68 bits per heavy atom. The van der Waals surface area contributed by atoms with Crippen LogP contribution in [0.15, 0.2) is 65.7 Å². The van der Waals surface area contributed by atoms with Gasteiger partial charge in [-0.25, -0.2) is 22.2 Å². The van der Waals surface area contributed by atoms with Gasteiger partial charge in [0.05, 0.1) is 22.2 Å². The molecular weight excluding hydrogens is 530 g/mol. The van der Waals surface area contributed by atoms with E-state index in [-0.39, 0.29) is 21.4 Å². The fraction of sp³-hybridized carbons (Fsp3) is 0.276. The predicted molar refractivity (Wildman–Crippen MR) is 146 cm³/mol. The summed E-state index contributed by atoms with van der Waals surface area (Å²) in [5, 5.41) is 9.54. The van der Waals surface area contributed by atoms with E-state index in [1.165, 1.54) is 18.2 Å². The molecule has 4 rings (SSSR count). The third-order valence-electron chi connectivity index (χ3n) is 6.69. The molecule has 3 aromatic carbocycles. The molecule has 5 nitrogen and oxygen atoms in total. The van der Waals surface area contributed by atoms with E-state index in [0.29, 0.717) is 22.5 Å². The van der Waals surface area contributed by atoms with Crippen LogP contribution in [0.25, 0.3) is 16.8 Å². The molecule has 38 heavy (non-hydrogen) atoms. The second-order valence-corrected chi connectivity index (χ2v) is 12.5. The number of aromatic nitrogens is 2. The zero-order chi connectivity index (χ0) is 28.0. The molecule has 0 unspecified atom stereocenters. The molecule has 0 aliphatic heterocycles. The maximum Gasteiger partial charge on any atom is 0.176 e. The van der Waals surface area contributed by atoms with Gasteiger partial charge in [0, 0.05) is 29.1 Å². The molecule has 0 bridgehead atoms. The van der Waals surface area contributed by atoms with Crippen molar-refractivity contribution in [1.29, 1.82) is 0 Å². The van der Waals surface area contributed by atoms with E-state index in [9.17, 15) is 22.3 Å². The summed E-state index contributed by atoms with van der Waals surface area (Å²) in [5.74, 6) is -0.493. The molecule has 0 aliphatic carbocycles. The molecule has 0 saturated carbocycles. The standard InChI is InChI=1S/C29H29ClF2N2O3S/c1-17(2)25-15-34(28(33-25)29(3,4)22-7-6-8-23(31)27(22)30)20-11-9-18(10-12-20)19-13-24(32)21(16-35)26(14-19)38(5,36)37/h6-15,17,35H,16H2,1-5H3. The van der Waals surface area contributed by atoms with Crippen LogP contribution in [0.4, 0.5) is 8.78 Å². The first-order valence-electron chi connectivity index (χ1n) is 12.0. The fourth-order valence-corrected chi connectivity index (χ4v) is 5.81. The molecule has 1 heterocycles. The number of aliphatic hydroxyl groups is 1. The van der Waals surface area contributed by atoms with Crippen molar-refractivity contribution in [2.45, 2.75) is 50.5 Å². The highest BCUT2D eigenvalue weighted by Gasteiger charge is 2.33. The predicted octanol–water partition coefficient (Wildman–Crippen LogP) is 6.82. The Morgan fingerprint density at radius 1 is 1.03 bits per heavy atom. The Hall–Kier alpha value is -3.07. The number of rotatable bonds is 7. The van der Waals surface area contributed by atoms with Crippen LogP contribution in [0, 0.1) is 11.6 Å². The minimum absolute atomic E-state index is 0.0449. The van der Waals surface area contributed by atoms with Crippen molar-refractivity contribution in [3.05, 3.63) is 100 Å². The quantitative estimate of drug-likeness (QED) is 0.270. The van der Waals surface area contributed by atoms with Crippen LogP contribution in [0.1, 0.15) is 56.3 Å². The van der Waals surface area contributed by atoms with Crippen molar-refractivity contribution in [2.75, 3.05) is 6.26 Å². The van der Waals surface area contributed by atoms with Gasteiger partial charge in [0.1, 0.15) is 17.5 Å². The van der Waals surface area contributed by atoms with Gasteiger partial charge in [-0.05, 0) is 66.8 Å². The van der Waals surface area contributed by atoms with E-state index in [2.05, 4.69) is 0 Å². The zero-order valence-electron chi connectivity index (χ0n) is 21.8. The second kappa shape index (κ2) is 10.2. The first-order chi connectivity index (χ1) is 17.8. The van der Waals surface area contributed by atoms with E-state index >= 15 is 0 Å². The van der Waals surface area contributed by atoms with Crippen LogP contribution in [-0.2, 0) is 21.9 Å². The number of hydrogen-bond acceptors (Lipinski definition) is 4. The molecule has 0 fully saturated rings. The van der Waals surface area contributed by atoms with Gasteiger partial charge in [-0.2, -0.15) is 0 Å². The van der Waals surface area contributed by atoms with Gasteiger partial charge in [-0.3, -0.25) is 0 Å². The van der Waals surface area contributed by atoms with E-state index in [0.717, 1.165) is 17.6 Å². The van der Waals surface area contributed by atoms with Crippen LogP contribution in [0.5, 0.6) is 0 Å².